The Morgan fingerprint density at radius 3 is 2.30 bits per heavy atom. The molecular weight excluding hydrogens is 170 g/mol. The van der Waals surface area contributed by atoms with Crippen LogP contribution in [-0.4, -0.2) is 36.3 Å². The van der Waals surface area contributed by atoms with Gasteiger partial charge in [0.2, 0.25) is 0 Å². The van der Waals surface area contributed by atoms with Gasteiger partial charge in [-0.3, -0.25) is 9.69 Å². The van der Waals surface area contributed by atoms with E-state index in [2.05, 4.69) is 30.0 Å². The second-order valence-electron chi connectivity index (χ2n) is 1.69. The van der Waals surface area contributed by atoms with Crippen LogP contribution in [-0.2, 0) is 9.53 Å². The smallest absolute Gasteiger partial charge is 0.319 e. The fourth-order valence-electron chi connectivity index (χ4n) is 0.392. The summed E-state index contributed by atoms with van der Waals surface area (Å²) in [6, 6.07) is 0. The average molecular weight is 181 g/mol. The highest BCUT2D eigenvalue weighted by molar-refractivity contribution is 7.81. The van der Waals surface area contributed by atoms with Crippen LogP contribution in [0.1, 0.15) is 0 Å². The Balaban J connectivity index is 3.52. The Hall–Kier alpha value is 0.130. The standard InChI is InChI=1S/C5H11NO2S2/c1-8-5(7)2-6(3-9)4-10/h9-10H,2-4H2,1H3. The van der Waals surface area contributed by atoms with Crippen molar-refractivity contribution in [1.82, 2.24) is 4.90 Å². The maximum Gasteiger partial charge on any atom is 0.319 e. The van der Waals surface area contributed by atoms with Gasteiger partial charge in [0, 0.05) is 11.8 Å². The minimum Gasteiger partial charge on any atom is -0.468 e. The maximum atomic E-state index is 10.6. The van der Waals surface area contributed by atoms with E-state index >= 15 is 0 Å². The molecule has 0 saturated carbocycles. The highest BCUT2D eigenvalue weighted by Crippen LogP contribution is 1.92. The molecule has 0 fully saturated rings. The van der Waals surface area contributed by atoms with Crippen LogP contribution in [0.25, 0.3) is 0 Å². The van der Waals surface area contributed by atoms with Gasteiger partial charge >= 0.3 is 5.97 Å². The summed E-state index contributed by atoms with van der Waals surface area (Å²) in [4.78, 5) is 12.3. The molecule has 0 aromatic rings. The zero-order valence-electron chi connectivity index (χ0n) is 5.78. The third-order valence-electron chi connectivity index (χ3n) is 0.980. The maximum absolute atomic E-state index is 10.6. The summed E-state index contributed by atoms with van der Waals surface area (Å²) < 4.78 is 4.44. The van der Waals surface area contributed by atoms with Gasteiger partial charge in [-0.1, -0.05) is 0 Å². The van der Waals surface area contributed by atoms with E-state index in [9.17, 15) is 4.79 Å². The molecule has 0 atom stereocenters. The van der Waals surface area contributed by atoms with E-state index in [0.717, 1.165) is 0 Å². The van der Waals surface area contributed by atoms with Crippen molar-refractivity contribution in [2.24, 2.45) is 0 Å². The minimum absolute atomic E-state index is 0.253. The quantitative estimate of drug-likeness (QED) is 0.370. The van der Waals surface area contributed by atoms with Crippen LogP contribution in [0.2, 0.25) is 0 Å². The molecule has 0 aliphatic rings. The van der Waals surface area contributed by atoms with Gasteiger partial charge in [0.1, 0.15) is 0 Å². The van der Waals surface area contributed by atoms with Crippen molar-refractivity contribution in [3.05, 3.63) is 0 Å². The monoisotopic (exact) mass is 181 g/mol. The van der Waals surface area contributed by atoms with Crippen LogP contribution in [0.3, 0.4) is 0 Å². The number of nitrogens with zero attached hydrogens (tertiary/aromatic N) is 1. The summed E-state index contributed by atoms with van der Waals surface area (Å²) in [5.74, 6) is 0.764. The van der Waals surface area contributed by atoms with Crippen LogP contribution >= 0.6 is 25.3 Å². The Bertz CT molecular complexity index is 106. The lowest BCUT2D eigenvalue weighted by molar-refractivity contribution is -0.141. The molecule has 0 amide bonds. The normalized spacial score (nSPS) is 10.0. The molecule has 0 unspecified atom stereocenters. The van der Waals surface area contributed by atoms with Crippen LogP contribution in [0.15, 0.2) is 0 Å². The van der Waals surface area contributed by atoms with E-state index in [1.165, 1.54) is 7.11 Å². The highest BCUT2D eigenvalue weighted by Gasteiger charge is 2.05. The zero-order chi connectivity index (χ0) is 7.98. The predicted octanol–water partition coefficient (Wildman–Crippen LogP) is 0.236. The van der Waals surface area contributed by atoms with Crippen molar-refractivity contribution < 1.29 is 9.53 Å². The number of carbonyl (C=O) groups excluding carboxylic acids is 1. The first-order valence-corrected chi connectivity index (χ1v) is 4.02. The highest BCUT2D eigenvalue weighted by atomic mass is 32.1. The lowest BCUT2D eigenvalue weighted by Gasteiger charge is -2.14. The Kier molecular flexibility index (Phi) is 5.96. The molecule has 0 aliphatic heterocycles. The molecule has 10 heavy (non-hydrogen) atoms. The van der Waals surface area contributed by atoms with Crippen molar-refractivity contribution >= 4 is 31.2 Å². The molecule has 0 rings (SSSR count). The van der Waals surface area contributed by atoms with E-state index < -0.39 is 0 Å². The molecule has 3 nitrogen and oxygen atoms in total. The molecular formula is C5H11NO2S2. The number of esters is 1. The zero-order valence-corrected chi connectivity index (χ0v) is 7.57. The molecule has 0 saturated heterocycles. The summed E-state index contributed by atoms with van der Waals surface area (Å²) in [6.07, 6.45) is 0. The van der Waals surface area contributed by atoms with Gasteiger partial charge in [-0.25, -0.2) is 0 Å². The number of methoxy groups -OCH3 is 1. The van der Waals surface area contributed by atoms with E-state index in [0.29, 0.717) is 11.8 Å². The number of thiol groups is 2. The molecule has 60 valence electrons. The van der Waals surface area contributed by atoms with Crippen molar-refractivity contribution in [2.75, 3.05) is 25.4 Å². The summed E-state index contributed by atoms with van der Waals surface area (Å²) in [6.45, 7) is 0.253. The van der Waals surface area contributed by atoms with E-state index in [1.807, 2.05) is 0 Å². The first kappa shape index (κ1) is 10.1. The Morgan fingerprint density at radius 1 is 1.50 bits per heavy atom. The summed E-state index contributed by atoms with van der Waals surface area (Å²) in [5.41, 5.74) is 0. The molecule has 0 aromatic carbocycles. The second-order valence-corrected chi connectivity index (χ2v) is 2.25. The van der Waals surface area contributed by atoms with E-state index in [4.69, 9.17) is 0 Å². The second kappa shape index (κ2) is 5.88. The van der Waals surface area contributed by atoms with Crippen LogP contribution < -0.4 is 0 Å². The summed E-state index contributed by atoms with van der Waals surface area (Å²) in [5, 5.41) is 0. The van der Waals surface area contributed by atoms with Gasteiger partial charge in [-0.15, -0.1) is 0 Å². The predicted molar refractivity (Wildman–Crippen MR) is 46.4 cm³/mol. The van der Waals surface area contributed by atoms with E-state index in [1.54, 1.807) is 4.90 Å². The number of hydrogen-bond acceptors (Lipinski definition) is 5. The van der Waals surface area contributed by atoms with E-state index in [-0.39, 0.29) is 12.5 Å². The molecule has 0 radical (unpaired) electrons. The molecule has 0 aromatic heterocycles. The molecule has 0 spiro atoms. The summed E-state index contributed by atoms with van der Waals surface area (Å²) >= 11 is 7.96. The lowest BCUT2D eigenvalue weighted by atomic mass is 10.6. The van der Waals surface area contributed by atoms with Crippen LogP contribution in [0.4, 0.5) is 0 Å². The molecule has 0 N–H and O–H groups in total. The number of rotatable bonds is 4. The first-order chi connectivity index (χ1) is 4.74. The van der Waals surface area contributed by atoms with Crippen LogP contribution in [0, 0.1) is 0 Å². The first-order valence-electron chi connectivity index (χ1n) is 2.75. The Morgan fingerprint density at radius 2 is 2.00 bits per heavy atom. The number of ether oxygens (including phenoxy) is 1. The largest absolute Gasteiger partial charge is 0.468 e. The van der Waals surface area contributed by atoms with Crippen molar-refractivity contribution in [1.29, 1.82) is 0 Å². The van der Waals surface area contributed by atoms with Crippen molar-refractivity contribution in [3.8, 4) is 0 Å². The van der Waals surface area contributed by atoms with Gasteiger partial charge < -0.3 is 4.74 Å². The van der Waals surface area contributed by atoms with Crippen molar-refractivity contribution in [2.45, 2.75) is 0 Å². The van der Waals surface area contributed by atoms with Gasteiger partial charge in [0.25, 0.3) is 0 Å². The fourth-order valence-corrected chi connectivity index (χ4v) is 0.950. The third-order valence-corrected chi connectivity index (χ3v) is 1.78. The third kappa shape index (κ3) is 4.03. The Labute approximate surface area is 71.5 Å². The van der Waals surface area contributed by atoms with Crippen molar-refractivity contribution in [3.63, 3.8) is 0 Å². The average Bonchev–Trinajstić information content (AvgIpc) is 1.99. The van der Waals surface area contributed by atoms with Crippen LogP contribution in [0.5, 0.6) is 0 Å². The molecule has 5 heteroatoms. The number of hydrogen-bond donors (Lipinski definition) is 2. The topological polar surface area (TPSA) is 29.5 Å². The molecule has 0 bridgehead atoms. The SMILES string of the molecule is COC(=O)CN(CS)CS. The fraction of sp³-hybridized carbons (Fsp3) is 0.800. The lowest BCUT2D eigenvalue weighted by Crippen LogP contribution is -2.28. The van der Waals surface area contributed by atoms with Gasteiger partial charge in [0.15, 0.2) is 0 Å². The molecule has 0 aliphatic carbocycles. The van der Waals surface area contributed by atoms with Gasteiger partial charge in [-0.2, -0.15) is 25.3 Å². The summed E-state index contributed by atoms with van der Waals surface area (Å²) in [7, 11) is 1.36. The van der Waals surface area contributed by atoms with Gasteiger partial charge in [0.05, 0.1) is 13.7 Å². The molecule has 0 heterocycles. The number of carbonyl (C=O) groups is 1. The minimum atomic E-state index is -0.261. The van der Waals surface area contributed by atoms with Gasteiger partial charge in [-0.05, 0) is 0 Å².